The fraction of sp³-hybridized carbons (Fsp3) is 0.423. The third kappa shape index (κ3) is 6.48. The lowest BCUT2D eigenvalue weighted by Gasteiger charge is -2.34. The van der Waals surface area contributed by atoms with E-state index in [2.05, 4.69) is 14.6 Å². The molecule has 38 heavy (non-hydrogen) atoms. The lowest BCUT2D eigenvalue weighted by atomic mass is 9.90. The van der Waals surface area contributed by atoms with Crippen LogP contribution in [0.4, 0.5) is 24.7 Å². The molecule has 0 saturated carbocycles. The fourth-order valence-corrected chi connectivity index (χ4v) is 4.83. The number of fused-ring (bicyclic) bond motifs is 1. The van der Waals surface area contributed by atoms with Crippen LogP contribution in [-0.4, -0.2) is 46.6 Å². The molecule has 1 saturated heterocycles. The molecule has 2 aliphatic heterocycles. The normalized spacial score (nSPS) is 18.0. The molecule has 0 amide bonds. The van der Waals surface area contributed by atoms with E-state index in [0.29, 0.717) is 31.2 Å². The van der Waals surface area contributed by atoms with Gasteiger partial charge in [0.25, 0.3) is 0 Å². The van der Waals surface area contributed by atoms with Crippen molar-refractivity contribution < 1.29 is 32.3 Å². The van der Waals surface area contributed by atoms with Crippen molar-refractivity contribution in [2.24, 2.45) is 5.92 Å². The minimum atomic E-state index is -4.68. The van der Waals surface area contributed by atoms with E-state index in [1.54, 1.807) is 16.7 Å². The van der Waals surface area contributed by atoms with E-state index < -0.39 is 11.3 Å². The first-order valence-corrected chi connectivity index (χ1v) is 12.4. The fourth-order valence-electron chi connectivity index (χ4n) is 4.83. The molecule has 202 valence electrons. The second-order valence-electron chi connectivity index (χ2n) is 9.49. The molecule has 0 bridgehead atoms. The molecular weight excluding hydrogens is 505 g/mol. The molecule has 3 heterocycles. The zero-order valence-electron chi connectivity index (χ0n) is 20.5. The number of rotatable bonds is 8. The Hall–Kier alpha value is -3.96. The minimum Gasteiger partial charge on any atom is -0.490 e. The summed E-state index contributed by atoms with van der Waals surface area (Å²) in [6, 6.07) is 14.2. The van der Waals surface area contributed by atoms with Gasteiger partial charge in [0.15, 0.2) is 0 Å². The van der Waals surface area contributed by atoms with Gasteiger partial charge in [-0.05, 0) is 72.1 Å². The van der Waals surface area contributed by atoms with Crippen LogP contribution < -0.4 is 19.1 Å². The number of hydrogen-bond donors (Lipinski definition) is 0. The summed E-state index contributed by atoms with van der Waals surface area (Å²) < 4.78 is 54.2. The monoisotopic (exact) mass is 532 g/mol. The lowest BCUT2D eigenvalue weighted by Crippen LogP contribution is -2.34. The van der Waals surface area contributed by atoms with Crippen LogP contribution >= 0.6 is 0 Å². The number of piperidine rings is 1. The highest BCUT2D eigenvalue weighted by Crippen LogP contribution is 2.29. The number of imidazole rings is 1. The molecule has 12 heteroatoms. The highest BCUT2D eigenvalue weighted by molar-refractivity contribution is 5.49. The third-order valence-corrected chi connectivity index (χ3v) is 6.81. The zero-order valence-corrected chi connectivity index (χ0v) is 20.5. The average Bonchev–Trinajstić information content (AvgIpc) is 3.33. The van der Waals surface area contributed by atoms with Crippen molar-refractivity contribution in [1.29, 1.82) is 0 Å². The van der Waals surface area contributed by atoms with E-state index in [4.69, 9.17) is 9.47 Å². The van der Waals surface area contributed by atoms with E-state index in [-0.39, 0.29) is 23.7 Å². The van der Waals surface area contributed by atoms with Crippen LogP contribution in [0, 0.1) is 16.0 Å². The number of hydrogen-bond acceptors (Lipinski definition) is 7. The molecule has 1 fully saturated rings. The van der Waals surface area contributed by atoms with Crippen molar-refractivity contribution in [3.8, 4) is 17.5 Å². The minimum absolute atomic E-state index is 0.201. The first-order chi connectivity index (χ1) is 18.2. The smallest absolute Gasteiger partial charge is 0.490 e. The predicted octanol–water partition coefficient (Wildman–Crippen LogP) is 5.38. The molecule has 2 aliphatic rings. The molecule has 1 atom stereocenters. The van der Waals surface area contributed by atoms with Gasteiger partial charge in [0, 0.05) is 36.7 Å². The van der Waals surface area contributed by atoms with Gasteiger partial charge in [-0.2, -0.15) is 0 Å². The summed E-state index contributed by atoms with van der Waals surface area (Å²) in [5.74, 6) is 0.754. The number of alkyl halides is 3. The molecule has 0 radical (unpaired) electrons. The molecule has 3 aromatic rings. The number of nitro groups is 1. The van der Waals surface area contributed by atoms with Gasteiger partial charge in [-0.1, -0.05) is 12.1 Å². The Bertz CT molecular complexity index is 1240. The van der Waals surface area contributed by atoms with Crippen molar-refractivity contribution in [3.05, 3.63) is 70.4 Å². The zero-order chi connectivity index (χ0) is 26.7. The molecule has 1 aromatic heterocycles. The van der Waals surface area contributed by atoms with Gasteiger partial charge < -0.3 is 29.2 Å². The van der Waals surface area contributed by atoms with Crippen LogP contribution in [0.3, 0.4) is 0 Å². The van der Waals surface area contributed by atoms with Crippen molar-refractivity contribution in [3.63, 3.8) is 0 Å². The van der Waals surface area contributed by atoms with E-state index in [1.165, 1.54) is 18.3 Å². The number of benzene rings is 2. The highest BCUT2D eigenvalue weighted by Gasteiger charge is 2.31. The van der Waals surface area contributed by atoms with Gasteiger partial charge in [-0.25, -0.2) is 0 Å². The number of aromatic nitrogens is 2. The number of nitrogens with zero attached hydrogens (tertiary/aromatic N) is 4. The van der Waals surface area contributed by atoms with Gasteiger partial charge in [-0.3, -0.25) is 4.57 Å². The van der Waals surface area contributed by atoms with Gasteiger partial charge in [-0.15, -0.1) is 13.2 Å². The van der Waals surface area contributed by atoms with Crippen LogP contribution in [-0.2, 0) is 13.0 Å². The van der Waals surface area contributed by atoms with Crippen LogP contribution in [0.1, 0.15) is 24.8 Å². The van der Waals surface area contributed by atoms with Crippen LogP contribution in [0.15, 0.2) is 54.7 Å². The number of halogens is 3. The number of ether oxygens (including phenoxy) is 3. The molecule has 1 unspecified atom stereocenters. The van der Waals surface area contributed by atoms with Gasteiger partial charge in [0.2, 0.25) is 0 Å². The summed E-state index contributed by atoms with van der Waals surface area (Å²) in [5, 5.41) is 10.9. The maximum absolute atomic E-state index is 12.3. The average molecular weight is 533 g/mol. The molecule has 2 aromatic carbocycles. The van der Waals surface area contributed by atoms with E-state index in [0.717, 1.165) is 43.6 Å². The maximum atomic E-state index is 12.3. The van der Waals surface area contributed by atoms with Crippen molar-refractivity contribution in [2.75, 3.05) is 24.6 Å². The Morgan fingerprint density at radius 2 is 1.68 bits per heavy atom. The molecule has 9 nitrogen and oxygen atoms in total. The second kappa shape index (κ2) is 10.8. The second-order valence-corrected chi connectivity index (χ2v) is 9.49. The summed E-state index contributed by atoms with van der Waals surface area (Å²) in [6.45, 7) is 2.69. The first kappa shape index (κ1) is 25.7. The van der Waals surface area contributed by atoms with E-state index in [1.807, 2.05) is 24.3 Å². The largest absolute Gasteiger partial charge is 0.573 e. The molecule has 0 aliphatic carbocycles. The van der Waals surface area contributed by atoms with Gasteiger partial charge in [0.05, 0.1) is 0 Å². The summed E-state index contributed by atoms with van der Waals surface area (Å²) in [4.78, 5) is 16.6. The SMILES string of the molecule is O=[N+]([O-])c1cn2c(n1)OC(COc1ccc(N3CCC(Cc4ccc(OC(F)(F)F)cc4)CC3)cc1)CC2. The standard InChI is InChI=1S/C26H27F3N4O5/c27-26(28,29)38-22-5-1-18(2-6-22)15-19-9-12-31(13-10-19)20-3-7-21(8-4-20)36-17-23-11-14-32-16-24(33(34)35)30-25(32)37-23/h1-8,16,19,23H,9-15,17H2. The lowest BCUT2D eigenvalue weighted by molar-refractivity contribution is -0.389. The summed E-state index contributed by atoms with van der Waals surface area (Å²) in [6.07, 6.45) is -0.0687. The Labute approximate surface area is 216 Å². The van der Waals surface area contributed by atoms with E-state index >= 15 is 0 Å². The number of aryl methyl sites for hydroxylation is 1. The third-order valence-electron chi connectivity index (χ3n) is 6.81. The highest BCUT2D eigenvalue weighted by atomic mass is 19.4. The quantitative estimate of drug-likeness (QED) is 0.284. The number of anilines is 1. The molecular formula is C26H27F3N4O5. The maximum Gasteiger partial charge on any atom is 0.573 e. The Balaban J connectivity index is 1.06. The summed E-state index contributed by atoms with van der Waals surface area (Å²) in [7, 11) is 0. The molecule has 0 spiro atoms. The van der Waals surface area contributed by atoms with Crippen LogP contribution in [0.2, 0.25) is 0 Å². The van der Waals surface area contributed by atoms with Gasteiger partial charge in [0.1, 0.15) is 30.4 Å². The topological polar surface area (TPSA) is 91.9 Å². The summed E-state index contributed by atoms with van der Waals surface area (Å²) >= 11 is 0. The molecule has 5 rings (SSSR count). The van der Waals surface area contributed by atoms with Crippen molar-refractivity contribution in [2.45, 2.75) is 44.7 Å². The first-order valence-electron chi connectivity index (χ1n) is 12.4. The van der Waals surface area contributed by atoms with E-state index in [9.17, 15) is 23.3 Å². The van der Waals surface area contributed by atoms with Crippen molar-refractivity contribution in [1.82, 2.24) is 9.55 Å². The Morgan fingerprint density at radius 1 is 1.00 bits per heavy atom. The Kier molecular flexibility index (Phi) is 7.30. The van der Waals surface area contributed by atoms with Crippen molar-refractivity contribution >= 4 is 11.5 Å². The predicted molar refractivity (Wildman–Crippen MR) is 132 cm³/mol. The Morgan fingerprint density at radius 3 is 2.34 bits per heavy atom. The van der Waals surface area contributed by atoms with Crippen LogP contribution in [0.25, 0.3) is 0 Å². The van der Waals surface area contributed by atoms with Crippen LogP contribution in [0.5, 0.6) is 17.5 Å². The molecule has 0 N–H and O–H groups in total. The van der Waals surface area contributed by atoms with Gasteiger partial charge >= 0.3 is 18.2 Å². The summed E-state index contributed by atoms with van der Waals surface area (Å²) in [5.41, 5.74) is 2.11.